The van der Waals surface area contributed by atoms with Crippen LogP contribution in [-0.4, -0.2) is 4.57 Å². The molecule has 0 spiro atoms. The predicted octanol–water partition coefficient (Wildman–Crippen LogP) is 4.58. The van der Waals surface area contributed by atoms with Crippen molar-refractivity contribution in [1.82, 2.24) is 4.57 Å². The molecule has 0 aliphatic heterocycles. The van der Waals surface area contributed by atoms with Gasteiger partial charge in [0.05, 0.1) is 0 Å². The lowest BCUT2D eigenvalue weighted by Crippen LogP contribution is -1.96. The number of aromatic nitrogens is 1. The summed E-state index contributed by atoms with van der Waals surface area (Å²) in [4.78, 5) is 0. The lowest BCUT2D eigenvalue weighted by Gasteiger charge is -2.05. The molecule has 18 heavy (non-hydrogen) atoms. The first-order valence-electron chi connectivity index (χ1n) is 7.15. The van der Waals surface area contributed by atoms with E-state index >= 15 is 0 Å². The molecule has 0 saturated heterocycles. The molecule has 2 heteroatoms. The average molecular weight is 244 g/mol. The van der Waals surface area contributed by atoms with Crippen molar-refractivity contribution >= 4 is 16.6 Å². The molecule has 2 rings (SSSR count). The summed E-state index contributed by atoms with van der Waals surface area (Å²) >= 11 is 0. The van der Waals surface area contributed by atoms with Crippen molar-refractivity contribution in [2.24, 2.45) is 0 Å². The maximum Gasteiger partial charge on any atom is 0.0481 e. The molecule has 0 bridgehead atoms. The molecule has 2 aromatic rings. The van der Waals surface area contributed by atoms with Gasteiger partial charge in [-0.25, -0.2) is 0 Å². The molecule has 2 N–H and O–H groups in total. The van der Waals surface area contributed by atoms with Gasteiger partial charge in [-0.1, -0.05) is 39.0 Å². The van der Waals surface area contributed by atoms with E-state index in [4.69, 9.17) is 5.73 Å². The first-order valence-corrected chi connectivity index (χ1v) is 7.15. The number of hydrogen-bond acceptors (Lipinski definition) is 1. The lowest BCUT2D eigenvalue weighted by atomic mass is 10.1. The van der Waals surface area contributed by atoms with Crippen molar-refractivity contribution in [2.75, 3.05) is 5.73 Å². The summed E-state index contributed by atoms with van der Waals surface area (Å²) < 4.78 is 2.34. The number of rotatable bonds is 7. The van der Waals surface area contributed by atoms with Gasteiger partial charge >= 0.3 is 0 Å². The third kappa shape index (κ3) is 3.28. The monoisotopic (exact) mass is 244 g/mol. The van der Waals surface area contributed by atoms with Crippen molar-refractivity contribution in [2.45, 2.75) is 52.0 Å². The molecule has 0 saturated carbocycles. The fourth-order valence-corrected chi connectivity index (χ4v) is 2.48. The van der Waals surface area contributed by atoms with Crippen LogP contribution in [-0.2, 0) is 6.54 Å². The second-order valence-electron chi connectivity index (χ2n) is 5.10. The second-order valence-corrected chi connectivity index (χ2v) is 5.10. The highest BCUT2D eigenvalue weighted by molar-refractivity contribution is 5.83. The first kappa shape index (κ1) is 13.0. The molecular formula is C16H24N2. The van der Waals surface area contributed by atoms with E-state index in [0.717, 1.165) is 12.2 Å². The van der Waals surface area contributed by atoms with Crippen LogP contribution in [0.25, 0.3) is 10.9 Å². The summed E-state index contributed by atoms with van der Waals surface area (Å²) in [6.45, 7) is 3.39. The van der Waals surface area contributed by atoms with E-state index in [-0.39, 0.29) is 0 Å². The lowest BCUT2D eigenvalue weighted by molar-refractivity contribution is 0.565. The molecule has 98 valence electrons. The summed E-state index contributed by atoms with van der Waals surface area (Å²) in [5.74, 6) is 0. The van der Waals surface area contributed by atoms with Crippen LogP contribution in [0.4, 0.5) is 5.69 Å². The van der Waals surface area contributed by atoms with E-state index in [1.54, 1.807) is 0 Å². The van der Waals surface area contributed by atoms with E-state index < -0.39 is 0 Å². The topological polar surface area (TPSA) is 30.9 Å². The van der Waals surface area contributed by atoms with Gasteiger partial charge in [-0.3, -0.25) is 0 Å². The summed E-state index contributed by atoms with van der Waals surface area (Å²) in [5, 5.41) is 1.25. The molecule has 0 radical (unpaired) electrons. The van der Waals surface area contributed by atoms with Crippen molar-refractivity contribution in [3.05, 3.63) is 30.5 Å². The smallest absolute Gasteiger partial charge is 0.0481 e. The molecule has 1 heterocycles. The number of nitrogens with two attached hydrogens (primary N) is 1. The van der Waals surface area contributed by atoms with Gasteiger partial charge in [0.15, 0.2) is 0 Å². The Morgan fingerprint density at radius 3 is 2.61 bits per heavy atom. The van der Waals surface area contributed by atoms with Crippen LogP contribution in [0.3, 0.4) is 0 Å². The van der Waals surface area contributed by atoms with E-state index in [2.05, 4.69) is 29.8 Å². The van der Waals surface area contributed by atoms with Gasteiger partial charge in [0.2, 0.25) is 0 Å². The van der Waals surface area contributed by atoms with E-state index in [9.17, 15) is 0 Å². The van der Waals surface area contributed by atoms with Crippen LogP contribution in [0.5, 0.6) is 0 Å². The van der Waals surface area contributed by atoms with Crippen LogP contribution in [0.1, 0.15) is 45.4 Å². The quantitative estimate of drug-likeness (QED) is 0.560. The van der Waals surface area contributed by atoms with Crippen LogP contribution in [0.2, 0.25) is 0 Å². The number of unbranched alkanes of at least 4 members (excludes halogenated alkanes) is 5. The van der Waals surface area contributed by atoms with Gasteiger partial charge < -0.3 is 10.3 Å². The number of benzene rings is 1. The van der Waals surface area contributed by atoms with Crippen LogP contribution in [0.15, 0.2) is 30.5 Å². The van der Waals surface area contributed by atoms with Crippen molar-refractivity contribution in [1.29, 1.82) is 0 Å². The minimum Gasteiger partial charge on any atom is -0.399 e. The highest BCUT2D eigenvalue weighted by Crippen LogP contribution is 2.19. The molecule has 0 aliphatic carbocycles. The Labute approximate surface area is 110 Å². The maximum absolute atomic E-state index is 5.79. The van der Waals surface area contributed by atoms with Gasteiger partial charge in [0.1, 0.15) is 0 Å². The Hall–Kier alpha value is -1.44. The molecule has 0 fully saturated rings. The summed E-state index contributed by atoms with van der Waals surface area (Å²) in [7, 11) is 0. The van der Waals surface area contributed by atoms with Crippen LogP contribution >= 0.6 is 0 Å². The Balaban J connectivity index is 1.84. The number of anilines is 1. The zero-order chi connectivity index (χ0) is 12.8. The normalized spacial score (nSPS) is 11.2. The number of aryl methyl sites for hydroxylation is 1. The van der Waals surface area contributed by atoms with Crippen molar-refractivity contribution in [3.63, 3.8) is 0 Å². The van der Waals surface area contributed by atoms with E-state index in [1.807, 2.05) is 12.1 Å². The Morgan fingerprint density at radius 2 is 1.78 bits per heavy atom. The summed E-state index contributed by atoms with van der Waals surface area (Å²) in [5.41, 5.74) is 7.94. The summed E-state index contributed by atoms with van der Waals surface area (Å²) in [6, 6.07) is 8.32. The Kier molecular flexibility index (Phi) is 4.68. The van der Waals surface area contributed by atoms with Gasteiger partial charge in [-0.2, -0.15) is 0 Å². The first-order chi connectivity index (χ1) is 8.81. The van der Waals surface area contributed by atoms with Gasteiger partial charge in [0, 0.05) is 29.3 Å². The zero-order valence-electron chi connectivity index (χ0n) is 11.4. The molecule has 0 atom stereocenters. The Morgan fingerprint density at radius 1 is 1.00 bits per heavy atom. The van der Waals surface area contributed by atoms with E-state index in [0.29, 0.717) is 0 Å². The maximum atomic E-state index is 5.79. The fourth-order valence-electron chi connectivity index (χ4n) is 2.48. The average Bonchev–Trinajstić information content (AvgIpc) is 2.76. The van der Waals surface area contributed by atoms with Crippen LogP contribution < -0.4 is 5.73 Å². The number of hydrogen-bond donors (Lipinski definition) is 1. The standard InChI is InChI=1S/C16H24N2/c1-2-3-4-5-6-7-11-18-12-10-14-13-15(17)8-9-16(14)18/h8-10,12-13H,2-7,11,17H2,1H3. The number of fused-ring (bicyclic) bond motifs is 1. The molecule has 1 aromatic carbocycles. The minimum atomic E-state index is 0.847. The minimum absolute atomic E-state index is 0.847. The van der Waals surface area contributed by atoms with Crippen molar-refractivity contribution in [3.8, 4) is 0 Å². The Bertz CT molecular complexity index is 485. The van der Waals surface area contributed by atoms with Crippen molar-refractivity contribution < 1.29 is 0 Å². The summed E-state index contributed by atoms with van der Waals surface area (Å²) in [6.07, 6.45) is 10.3. The number of nitrogen functional groups attached to an aromatic ring is 1. The van der Waals surface area contributed by atoms with Crippen LogP contribution in [0, 0.1) is 0 Å². The molecule has 2 nitrogen and oxygen atoms in total. The molecular weight excluding hydrogens is 220 g/mol. The third-order valence-electron chi connectivity index (χ3n) is 3.55. The molecule has 0 amide bonds. The molecule has 1 aromatic heterocycles. The molecule has 0 aliphatic rings. The SMILES string of the molecule is CCCCCCCCn1ccc2cc(N)ccc21. The molecule has 0 unspecified atom stereocenters. The highest BCUT2D eigenvalue weighted by Gasteiger charge is 2.00. The van der Waals surface area contributed by atoms with E-state index in [1.165, 1.54) is 49.4 Å². The van der Waals surface area contributed by atoms with Gasteiger partial charge in [-0.05, 0) is 30.7 Å². The largest absolute Gasteiger partial charge is 0.399 e. The zero-order valence-corrected chi connectivity index (χ0v) is 11.4. The third-order valence-corrected chi connectivity index (χ3v) is 3.55. The predicted molar refractivity (Wildman–Crippen MR) is 79.7 cm³/mol. The number of nitrogens with zero attached hydrogens (tertiary/aromatic N) is 1. The highest BCUT2D eigenvalue weighted by atomic mass is 14.9. The second kappa shape index (κ2) is 6.48. The fraction of sp³-hybridized carbons (Fsp3) is 0.500. The van der Waals surface area contributed by atoms with Gasteiger partial charge in [0.25, 0.3) is 0 Å². The van der Waals surface area contributed by atoms with Gasteiger partial charge in [-0.15, -0.1) is 0 Å².